The molecule has 0 saturated heterocycles. The van der Waals surface area contributed by atoms with E-state index in [0.29, 0.717) is 23.8 Å². The fourth-order valence-corrected chi connectivity index (χ4v) is 3.62. The lowest BCUT2D eigenvalue weighted by Crippen LogP contribution is -2.29. The van der Waals surface area contributed by atoms with E-state index in [0.717, 1.165) is 0 Å². The van der Waals surface area contributed by atoms with Gasteiger partial charge in [-0.1, -0.05) is 30.3 Å². The molecule has 136 valence electrons. The first-order valence-electron chi connectivity index (χ1n) is 8.10. The van der Waals surface area contributed by atoms with E-state index >= 15 is 0 Å². The smallest absolute Gasteiger partial charge is 0.241 e. The van der Waals surface area contributed by atoms with Gasteiger partial charge in [-0.2, -0.15) is 4.72 Å². The molecule has 7 nitrogen and oxygen atoms in total. The number of rotatable bonds is 7. The van der Waals surface area contributed by atoms with E-state index < -0.39 is 16.1 Å². The molecule has 2 aromatic carbocycles. The van der Waals surface area contributed by atoms with Crippen molar-refractivity contribution in [3.05, 3.63) is 71.9 Å². The van der Waals surface area contributed by atoms with Crippen LogP contribution in [0.4, 0.5) is 0 Å². The predicted molar refractivity (Wildman–Crippen MR) is 95.3 cm³/mol. The summed E-state index contributed by atoms with van der Waals surface area (Å²) in [6.07, 6.45) is 0. The van der Waals surface area contributed by atoms with Gasteiger partial charge in [0, 0.05) is 6.92 Å². The lowest BCUT2D eigenvalue weighted by atomic mass is 10.1. The fourth-order valence-electron chi connectivity index (χ4n) is 2.44. The third-order valence-electron chi connectivity index (χ3n) is 3.64. The van der Waals surface area contributed by atoms with Crippen LogP contribution in [0, 0.1) is 6.92 Å². The van der Waals surface area contributed by atoms with Crippen molar-refractivity contribution in [1.82, 2.24) is 14.9 Å². The number of ether oxygens (including phenoxy) is 1. The van der Waals surface area contributed by atoms with Crippen molar-refractivity contribution in [2.24, 2.45) is 0 Å². The van der Waals surface area contributed by atoms with E-state index in [2.05, 4.69) is 14.9 Å². The lowest BCUT2D eigenvalue weighted by molar-refractivity contribution is 0.340. The van der Waals surface area contributed by atoms with Crippen LogP contribution in [0.3, 0.4) is 0 Å². The van der Waals surface area contributed by atoms with E-state index in [1.54, 1.807) is 31.2 Å². The summed E-state index contributed by atoms with van der Waals surface area (Å²) in [5.74, 6) is 1.16. The zero-order valence-corrected chi connectivity index (χ0v) is 15.2. The van der Waals surface area contributed by atoms with Crippen molar-refractivity contribution < 1.29 is 17.6 Å². The van der Waals surface area contributed by atoms with Gasteiger partial charge in [0.05, 0.1) is 11.5 Å². The van der Waals surface area contributed by atoms with Gasteiger partial charge < -0.3 is 9.15 Å². The maximum atomic E-state index is 12.8. The molecule has 1 N–H and O–H groups in total. The molecule has 3 rings (SSSR count). The second-order valence-corrected chi connectivity index (χ2v) is 7.24. The van der Waals surface area contributed by atoms with E-state index in [9.17, 15) is 8.42 Å². The Kier molecular flexibility index (Phi) is 5.34. The van der Waals surface area contributed by atoms with Crippen molar-refractivity contribution in [2.45, 2.75) is 24.8 Å². The van der Waals surface area contributed by atoms with Crippen LogP contribution in [0.25, 0.3) is 0 Å². The third kappa shape index (κ3) is 4.09. The van der Waals surface area contributed by atoms with Crippen LogP contribution < -0.4 is 9.46 Å². The number of hydrogen-bond donors (Lipinski definition) is 1. The highest BCUT2D eigenvalue weighted by atomic mass is 32.2. The summed E-state index contributed by atoms with van der Waals surface area (Å²) in [7, 11) is -3.81. The molecule has 3 aromatic rings. The number of aromatic nitrogens is 2. The Morgan fingerprint density at radius 2 is 1.77 bits per heavy atom. The van der Waals surface area contributed by atoms with Crippen molar-refractivity contribution >= 4 is 10.0 Å². The van der Waals surface area contributed by atoms with Crippen LogP contribution in [-0.2, 0) is 10.0 Å². The number of sulfonamides is 1. The zero-order valence-electron chi connectivity index (χ0n) is 14.4. The maximum Gasteiger partial charge on any atom is 0.241 e. The summed E-state index contributed by atoms with van der Waals surface area (Å²) < 4.78 is 39.1. The van der Waals surface area contributed by atoms with Crippen molar-refractivity contribution in [1.29, 1.82) is 0 Å². The summed E-state index contributed by atoms with van der Waals surface area (Å²) in [6.45, 7) is 4.03. The molecule has 8 heteroatoms. The molecule has 0 aliphatic carbocycles. The van der Waals surface area contributed by atoms with E-state index in [1.165, 1.54) is 12.1 Å². The van der Waals surface area contributed by atoms with Gasteiger partial charge in [0.15, 0.2) is 0 Å². The molecule has 1 atom stereocenters. The average molecular weight is 373 g/mol. The fraction of sp³-hybridized carbons (Fsp3) is 0.222. The number of nitrogens with one attached hydrogen (secondary N) is 1. The number of benzene rings is 2. The molecular weight excluding hydrogens is 354 g/mol. The van der Waals surface area contributed by atoms with Gasteiger partial charge in [-0.3, -0.25) is 0 Å². The van der Waals surface area contributed by atoms with E-state index in [-0.39, 0.29) is 10.8 Å². The maximum absolute atomic E-state index is 12.8. The van der Waals surface area contributed by atoms with E-state index in [1.807, 2.05) is 25.1 Å². The Morgan fingerprint density at radius 3 is 2.35 bits per heavy atom. The summed E-state index contributed by atoms with van der Waals surface area (Å²) in [5.41, 5.74) is 0.700. The number of nitrogens with zero attached hydrogens (tertiary/aromatic N) is 2. The first kappa shape index (κ1) is 18.1. The predicted octanol–water partition coefficient (Wildman–Crippen LogP) is 2.84. The van der Waals surface area contributed by atoms with Crippen LogP contribution in [0.15, 0.2) is 63.9 Å². The Morgan fingerprint density at radius 1 is 1.08 bits per heavy atom. The van der Waals surface area contributed by atoms with Gasteiger partial charge in [-0.15, -0.1) is 10.2 Å². The van der Waals surface area contributed by atoms with Crippen molar-refractivity contribution in [2.75, 3.05) is 6.61 Å². The molecule has 0 aliphatic rings. The van der Waals surface area contributed by atoms with Gasteiger partial charge >= 0.3 is 0 Å². The molecule has 0 fully saturated rings. The number of aryl methyl sites for hydroxylation is 1. The highest BCUT2D eigenvalue weighted by Gasteiger charge is 2.27. The van der Waals surface area contributed by atoms with E-state index in [4.69, 9.17) is 9.15 Å². The van der Waals surface area contributed by atoms with Gasteiger partial charge in [0.2, 0.25) is 21.8 Å². The third-order valence-corrected chi connectivity index (χ3v) is 5.08. The molecule has 1 aromatic heterocycles. The molecule has 0 aliphatic heterocycles. The Bertz CT molecular complexity index is 954. The number of hydrogen-bond acceptors (Lipinski definition) is 6. The van der Waals surface area contributed by atoms with Gasteiger partial charge in [0.25, 0.3) is 0 Å². The second-order valence-electron chi connectivity index (χ2n) is 5.53. The summed E-state index contributed by atoms with van der Waals surface area (Å²) in [4.78, 5) is 0.123. The standard InChI is InChI=1S/C18H19N3O4S/c1-3-24-15-9-11-16(12-10-15)26(22,23)21-17(14-7-5-4-6-8-14)18-20-19-13(2)25-18/h4-12,17,21H,3H2,1-2H3. The topological polar surface area (TPSA) is 94.3 Å². The first-order chi connectivity index (χ1) is 12.5. The monoisotopic (exact) mass is 373 g/mol. The quantitative estimate of drug-likeness (QED) is 0.684. The SMILES string of the molecule is CCOc1ccc(S(=O)(=O)NC(c2ccccc2)c2nnc(C)o2)cc1. The second kappa shape index (κ2) is 7.67. The van der Waals surface area contributed by atoms with Gasteiger partial charge in [-0.05, 0) is 36.8 Å². The molecule has 1 heterocycles. The molecule has 0 spiro atoms. The van der Waals surface area contributed by atoms with Gasteiger partial charge in [0.1, 0.15) is 11.8 Å². The lowest BCUT2D eigenvalue weighted by Gasteiger charge is -2.16. The summed E-state index contributed by atoms with van der Waals surface area (Å²) in [5, 5.41) is 7.78. The molecule has 0 saturated carbocycles. The summed E-state index contributed by atoms with van der Waals surface area (Å²) >= 11 is 0. The van der Waals surface area contributed by atoms with Crippen LogP contribution in [0.5, 0.6) is 5.75 Å². The summed E-state index contributed by atoms with van der Waals surface area (Å²) in [6, 6.07) is 14.5. The van der Waals surface area contributed by atoms with Crippen LogP contribution in [0.2, 0.25) is 0 Å². The molecule has 1 unspecified atom stereocenters. The molecule has 0 amide bonds. The van der Waals surface area contributed by atoms with Crippen molar-refractivity contribution in [3.8, 4) is 5.75 Å². The molecule has 26 heavy (non-hydrogen) atoms. The first-order valence-corrected chi connectivity index (χ1v) is 9.58. The van der Waals surface area contributed by atoms with Crippen LogP contribution >= 0.6 is 0 Å². The zero-order chi connectivity index (χ0) is 18.6. The largest absolute Gasteiger partial charge is 0.494 e. The van der Waals surface area contributed by atoms with Crippen molar-refractivity contribution in [3.63, 3.8) is 0 Å². The molecule has 0 bridgehead atoms. The Balaban J connectivity index is 1.92. The minimum atomic E-state index is -3.81. The highest BCUT2D eigenvalue weighted by molar-refractivity contribution is 7.89. The molecule has 0 radical (unpaired) electrons. The van der Waals surface area contributed by atoms with Crippen LogP contribution in [0.1, 0.15) is 30.3 Å². The minimum absolute atomic E-state index is 0.123. The minimum Gasteiger partial charge on any atom is -0.494 e. The Hall–Kier alpha value is -2.71. The Labute approximate surface area is 152 Å². The van der Waals surface area contributed by atoms with Gasteiger partial charge in [-0.25, -0.2) is 8.42 Å². The highest BCUT2D eigenvalue weighted by Crippen LogP contribution is 2.24. The van der Waals surface area contributed by atoms with Crippen LogP contribution in [-0.4, -0.2) is 25.2 Å². The average Bonchev–Trinajstić information content (AvgIpc) is 3.07. The normalized spacial score (nSPS) is 12.7. The molecular formula is C18H19N3O4S.